The summed E-state index contributed by atoms with van der Waals surface area (Å²) in [6.07, 6.45) is 1.45. The van der Waals surface area contributed by atoms with Crippen molar-refractivity contribution in [2.24, 2.45) is 0 Å². The van der Waals surface area contributed by atoms with Gasteiger partial charge in [0.15, 0.2) is 0 Å². The average molecular weight is 323 g/mol. The van der Waals surface area contributed by atoms with Crippen LogP contribution in [-0.2, 0) is 9.53 Å². The van der Waals surface area contributed by atoms with Gasteiger partial charge in [0.05, 0.1) is 7.11 Å². The highest BCUT2D eigenvalue weighted by molar-refractivity contribution is 5.80. The zero-order valence-corrected chi connectivity index (χ0v) is 13.2. The molecule has 0 aromatic carbocycles. The van der Waals surface area contributed by atoms with E-state index in [1.54, 1.807) is 6.92 Å². The maximum Gasteiger partial charge on any atom is 0.325 e. The number of hydrogen-bond acceptors (Lipinski definition) is 6. The van der Waals surface area contributed by atoms with Gasteiger partial charge in [-0.25, -0.2) is 9.78 Å². The molecule has 9 heteroatoms. The maximum absolute atomic E-state index is 11.7. The number of piperidine rings is 1. The van der Waals surface area contributed by atoms with E-state index in [9.17, 15) is 14.4 Å². The number of hydrogen-bond donors (Lipinski definition) is 3. The van der Waals surface area contributed by atoms with Crippen molar-refractivity contribution in [1.82, 2.24) is 20.6 Å². The van der Waals surface area contributed by atoms with Crippen molar-refractivity contribution in [3.05, 3.63) is 22.1 Å². The number of aryl methyl sites for hydroxylation is 1. The molecule has 1 saturated heterocycles. The van der Waals surface area contributed by atoms with Crippen LogP contribution in [0.2, 0.25) is 0 Å². The van der Waals surface area contributed by atoms with Gasteiger partial charge in [-0.2, -0.15) is 0 Å². The molecule has 23 heavy (non-hydrogen) atoms. The zero-order valence-electron chi connectivity index (χ0n) is 13.2. The zero-order chi connectivity index (χ0) is 16.8. The summed E-state index contributed by atoms with van der Waals surface area (Å²) in [7, 11) is 1.27. The second-order valence-electron chi connectivity index (χ2n) is 5.37. The molecule has 0 spiro atoms. The van der Waals surface area contributed by atoms with E-state index in [1.807, 2.05) is 4.90 Å². The number of carbonyl (C=O) groups is 2. The molecule has 1 aliphatic rings. The SMILES string of the molecule is COC(=O)CNC(=O)NC1CCN(c2nc(C)cc(=O)[nH]2)CC1. The highest BCUT2D eigenvalue weighted by atomic mass is 16.5. The van der Waals surface area contributed by atoms with E-state index in [0.717, 1.165) is 12.8 Å². The number of H-pyrrole nitrogens is 1. The van der Waals surface area contributed by atoms with Crippen LogP contribution in [0.5, 0.6) is 0 Å². The van der Waals surface area contributed by atoms with Crippen molar-refractivity contribution in [1.29, 1.82) is 0 Å². The van der Waals surface area contributed by atoms with E-state index in [0.29, 0.717) is 24.7 Å². The van der Waals surface area contributed by atoms with Crippen LogP contribution in [0, 0.1) is 6.92 Å². The number of rotatable bonds is 4. The van der Waals surface area contributed by atoms with Gasteiger partial charge in [0.2, 0.25) is 5.95 Å². The fourth-order valence-corrected chi connectivity index (χ4v) is 2.41. The highest BCUT2D eigenvalue weighted by Gasteiger charge is 2.22. The highest BCUT2D eigenvalue weighted by Crippen LogP contribution is 2.15. The lowest BCUT2D eigenvalue weighted by Gasteiger charge is -2.32. The predicted octanol–water partition coefficient (Wildman–Crippen LogP) is -0.481. The molecule has 0 saturated carbocycles. The van der Waals surface area contributed by atoms with Crippen LogP contribution in [0.3, 0.4) is 0 Å². The fourth-order valence-electron chi connectivity index (χ4n) is 2.41. The number of nitrogens with zero attached hydrogens (tertiary/aromatic N) is 2. The number of carbonyl (C=O) groups excluding carboxylic acids is 2. The molecule has 0 bridgehead atoms. The standard InChI is InChI=1S/C14H21N5O4/c1-9-7-11(20)18-13(16-9)19-5-3-10(4-6-19)17-14(22)15-8-12(21)23-2/h7,10H,3-6,8H2,1-2H3,(H2,15,17,22)(H,16,18,20). The van der Waals surface area contributed by atoms with Gasteiger partial charge in [-0.3, -0.25) is 14.6 Å². The molecule has 0 atom stereocenters. The summed E-state index contributed by atoms with van der Waals surface area (Å²) in [4.78, 5) is 43.1. The second kappa shape index (κ2) is 7.61. The van der Waals surface area contributed by atoms with E-state index in [-0.39, 0.29) is 18.1 Å². The molecule has 0 aliphatic carbocycles. The first-order chi connectivity index (χ1) is 11.0. The first-order valence-corrected chi connectivity index (χ1v) is 7.42. The Morgan fingerprint density at radius 3 is 2.74 bits per heavy atom. The molecular formula is C14H21N5O4. The minimum Gasteiger partial charge on any atom is -0.468 e. The van der Waals surface area contributed by atoms with Gasteiger partial charge in [-0.15, -0.1) is 0 Å². The van der Waals surface area contributed by atoms with Crippen molar-refractivity contribution < 1.29 is 14.3 Å². The Hall–Kier alpha value is -2.58. The summed E-state index contributed by atoms with van der Waals surface area (Å²) in [6, 6.07) is 1.07. The molecule has 1 aromatic heterocycles. The van der Waals surface area contributed by atoms with Crippen LogP contribution in [0.1, 0.15) is 18.5 Å². The minimum absolute atomic E-state index is 0.0143. The summed E-state index contributed by atoms with van der Waals surface area (Å²) < 4.78 is 4.45. The molecule has 3 N–H and O–H groups in total. The third-order valence-corrected chi connectivity index (χ3v) is 3.61. The largest absolute Gasteiger partial charge is 0.468 e. The Morgan fingerprint density at radius 1 is 1.43 bits per heavy atom. The number of ether oxygens (including phenoxy) is 1. The Balaban J connectivity index is 1.80. The summed E-state index contributed by atoms with van der Waals surface area (Å²) in [5.41, 5.74) is 0.501. The molecule has 2 amide bonds. The number of aromatic amines is 1. The lowest BCUT2D eigenvalue weighted by molar-refractivity contribution is -0.139. The third kappa shape index (κ3) is 4.97. The van der Waals surface area contributed by atoms with Gasteiger partial charge in [0, 0.05) is 30.9 Å². The maximum atomic E-state index is 11.7. The molecule has 126 valence electrons. The number of esters is 1. The molecule has 9 nitrogen and oxygen atoms in total. The summed E-state index contributed by atoms with van der Waals surface area (Å²) in [6.45, 7) is 2.97. The topological polar surface area (TPSA) is 116 Å². The lowest BCUT2D eigenvalue weighted by atomic mass is 10.1. The number of anilines is 1. The summed E-state index contributed by atoms with van der Waals surface area (Å²) in [5.74, 6) is 0.0630. The molecule has 1 aliphatic heterocycles. The Bertz CT molecular complexity index is 622. The average Bonchev–Trinajstić information content (AvgIpc) is 2.52. The van der Waals surface area contributed by atoms with Crippen molar-refractivity contribution in [3.63, 3.8) is 0 Å². The first kappa shape index (κ1) is 16.8. The van der Waals surface area contributed by atoms with E-state index in [2.05, 4.69) is 25.3 Å². The van der Waals surface area contributed by atoms with Crippen LogP contribution in [0.15, 0.2) is 10.9 Å². The van der Waals surface area contributed by atoms with Crippen LogP contribution in [0.4, 0.5) is 10.7 Å². The van der Waals surface area contributed by atoms with Gasteiger partial charge in [0.25, 0.3) is 5.56 Å². The van der Waals surface area contributed by atoms with Gasteiger partial charge in [-0.05, 0) is 19.8 Å². The molecule has 2 rings (SSSR count). The van der Waals surface area contributed by atoms with Gasteiger partial charge >= 0.3 is 12.0 Å². The monoisotopic (exact) mass is 323 g/mol. The quantitative estimate of drug-likeness (QED) is 0.644. The Labute approximate surface area is 133 Å². The van der Waals surface area contributed by atoms with E-state index in [1.165, 1.54) is 13.2 Å². The number of amides is 2. The Morgan fingerprint density at radius 2 is 2.13 bits per heavy atom. The molecule has 1 aromatic rings. The molecule has 2 heterocycles. The Kier molecular flexibility index (Phi) is 5.56. The summed E-state index contributed by atoms with van der Waals surface area (Å²) >= 11 is 0. The molecule has 0 radical (unpaired) electrons. The number of methoxy groups -OCH3 is 1. The van der Waals surface area contributed by atoms with Crippen LogP contribution < -0.4 is 21.1 Å². The van der Waals surface area contributed by atoms with Gasteiger partial charge in [0.1, 0.15) is 6.54 Å². The van der Waals surface area contributed by atoms with E-state index in [4.69, 9.17) is 0 Å². The van der Waals surface area contributed by atoms with E-state index < -0.39 is 12.0 Å². The summed E-state index contributed by atoms with van der Waals surface area (Å²) in [5, 5.41) is 5.26. The van der Waals surface area contributed by atoms with Crippen molar-refractivity contribution >= 4 is 17.9 Å². The van der Waals surface area contributed by atoms with Gasteiger partial charge in [-0.1, -0.05) is 0 Å². The molecule has 0 unspecified atom stereocenters. The van der Waals surface area contributed by atoms with Gasteiger partial charge < -0.3 is 20.3 Å². The predicted molar refractivity (Wildman–Crippen MR) is 83.4 cm³/mol. The third-order valence-electron chi connectivity index (χ3n) is 3.61. The fraction of sp³-hybridized carbons (Fsp3) is 0.571. The van der Waals surface area contributed by atoms with Crippen LogP contribution >= 0.6 is 0 Å². The van der Waals surface area contributed by atoms with Crippen molar-refractivity contribution in [2.75, 3.05) is 31.6 Å². The second-order valence-corrected chi connectivity index (χ2v) is 5.37. The number of aromatic nitrogens is 2. The van der Waals surface area contributed by atoms with Crippen molar-refractivity contribution in [2.45, 2.75) is 25.8 Å². The lowest BCUT2D eigenvalue weighted by Crippen LogP contribution is -2.49. The normalized spacial score (nSPS) is 15.1. The van der Waals surface area contributed by atoms with E-state index >= 15 is 0 Å². The smallest absolute Gasteiger partial charge is 0.325 e. The minimum atomic E-state index is -0.496. The molecular weight excluding hydrogens is 302 g/mol. The molecule has 1 fully saturated rings. The van der Waals surface area contributed by atoms with Crippen molar-refractivity contribution in [3.8, 4) is 0 Å². The number of urea groups is 1. The first-order valence-electron chi connectivity index (χ1n) is 7.42. The van der Waals surface area contributed by atoms with Crippen LogP contribution in [0.25, 0.3) is 0 Å². The van der Waals surface area contributed by atoms with Crippen LogP contribution in [-0.4, -0.2) is 54.8 Å². The number of nitrogens with one attached hydrogen (secondary N) is 3.